The van der Waals surface area contributed by atoms with Gasteiger partial charge in [-0.25, -0.2) is 0 Å². The predicted octanol–water partition coefficient (Wildman–Crippen LogP) is 0.119. The Morgan fingerprint density at radius 2 is 2.25 bits per heavy atom. The lowest BCUT2D eigenvalue weighted by Gasteiger charge is -2.36. The van der Waals surface area contributed by atoms with Crippen LogP contribution in [0.2, 0.25) is 0 Å². The molecule has 0 unspecified atom stereocenters. The average molecular weight is 188 g/mol. The van der Waals surface area contributed by atoms with E-state index >= 15 is 0 Å². The molecule has 12 heavy (non-hydrogen) atoms. The summed E-state index contributed by atoms with van der Waals surface area (Å²) >= 11 is 4.83. The largest absolute Gasteiger partial charge is 0.395 e. The first-order chi connectivity index (χ1) is 5.74. The number of rotatable bonds is 5. The Morgan fingerprint density at radius 3 is 2.58 bits per heavy atom. The number of nitrogens with two attached hydrogens (primary N) is 1. The van der Waals surface area contributed by atoms with Gasteiger partial charge in [-0.1, -0.05) is 18.6 Å². The molecule has 70 valence electrons. The van der Waals surface area contributed by atoms with E-state index in [-0.39, 0.29) is 6.61 Å². The van der Waals surface area contributed by atoms with Gasteiger partial charge in [0, 0.05) is 19.1 Å². The van der Waals surface area contributed by atoms with E-state index in [1.807, 2.05) is 0 Å². The fourth-order valence-corrected chi connectivity index (χ4v) is 1.64. The molecule has 3 N–H and O–H groups in total. The molecule has 0 atom stereocenters. The second kappa shape index (κ2) is 4.74. The molecule has 3 nitrogen and oxygen atoms in total. The van der Waals surface area contributed by atoms with E-state index in [1.165, 1.54) is 19.3 Å². The van der Waals surface area contributed by atoms with Crippen molar-refractivity contribution in [3.05, 3.63) is 0 Å². The van der Waals surface area contributed by atoms with E-state index in [4.69, 9.17) is 23.1 Å². The van der Waals surface area contributed by atoms with E-state index in [1.54, 1.807) is 0 Å². The maximum Gasteiger partial charge on any atom is 0.0870 e. The molecule has 1 aliphatic rings. The first-order valence-electron chi connectivity index (χ1n) is 4.37. The molecule has 0 saturated heterocycles. The molecule has 0 amide bonds. The molecule has 0 aromatic heterocycles. The highest BCUT2D eigenvalue weighted by atomic mass is 32.1. The normalized spacial score (nSPS) is 17.8. The third kappa shape index (κ3) is 2.69. The van der Waals surface area contributed by atoms with Crippen LogP contribution < -0.4 is 5.73 Å². The van der Waals surface area contributed by atoms with Crippen molar-refractivity contribution in [3.8, 4) is 0 Å². The second-order valence-electron chi connectivity index (χ2n) is 3.25. The number of aliphatic hydroxyl groups is 1. The number of hydrogen-bond donors (Lipinski definition) is 2. The molecule has 0 spiro atoms. The van der Waals surface area contributed by atoms with Crippen LogP contribution >= 0.6 is 12.2 Å². The van der Waals surface area contributed by atoms with Gasteiger partial charge >= 0.3 is 0 Å². The summed E-state index contributed by atoms with van der Waals surface area (Å²) in [6.07, 6.45) is 3.75. The predicted molar refractivity (Wildman–Crippen MR) is 53.1 cm³/mol. The first-order valence-corrected chi connectivity index (χ1v) is 4.78. The van der Waals surface area contributed by atoms with Gasteiger partial charge in [0.2, 0.25) is 0 Å². The Hall–Kier alpha value is -0.190. The lowest BCUT2D eigenvalue weighted by Crippen LogP contribution is -2.45. The fourth-order valence-electron chi connectivity index (χ4n) is 1.47. The van der Waals surface area contributed by atoms with Crippen LogP contribution in [-0.2, 0) is 0 Å². The first kappa shape index (κ1) is 9.89. The monoisotopic (exact) mass is 188 g/mol. The lowest BCUT2D eigenvalue weighted by molar-refractivity contribution is 0.118. The highest BCUT2D eigenvalue weighted by molar-refractivity contribution is 7.80. The van der Waals surface area contributed by atoms with Gasteiger partial charge in [-0.2, -0.15) is 0 Å². The van der Waals surface area contributed by atoms with Gasteiger partial charge in [0.25, 0.3) is 0 Å². The Kier molecular flexibility index (Phi) is 3.91. The van der Waals surface area contributed by atoms with E-state index in [2.05, 4.69) is 4.90 Å². The van der Waals surface area contributed by atoms with Gasteiger partial charge in [0.05, 0.1) is 11.6 Å². The van der Waals surface area contributed by atoms with Crippen molar-refractivity contribution in [1.82, 2.24) is 4.90 Å². The number of aliphatic hydroxyl groups excluding tert-OH is 1. The summed E-state index contributed by atoms with van der Waals surface area (Å²) in [7, 11) is 0. The van der Waals surface area contributed by atoms with Crippen molar-refractivity contribution in [2.24, 2.45) is 5.73 Å². The van der Waals surface area contributed by atoms with E-state index in [0.29, 0.717) is 24.1 Å². The van der Waals surface area contributed by atoms with Crippen LogP contribution in [0.15, 0.2) is 0 Å². The molecule has 1 saturated carbocycles. The Labute approximate surface area is 78.5 Å². The molecule has 0 aromatic carbocycles. The van der Waals surface area contributed by atoms with Crippen molar-refractivity contribution in [3.63, 3.8) is 0 Å². The fraction of sp³-hybridized carbons (Fsp3) is 0.875. The van der Waals surface area contributed by atoms with Crippen LogP contribution in [0, 0.1) is 0 Å². The quantitative estimate of drug-likeness (QED) is 0.602. The third-order valence-corrected chi connectivity index (χ3v) is 2.47. The summed E-state index contributed by atoms with van der Waals surface area (Å²) in [5.41, 5.74) is 5.45. The van der Waals surface area contributed by atoms with Crippen LogP contribution in [0.25, 0.3) is 0 Å². The molecule has 1 fully saturated rings. The van der Waals surface area contributed by atoms with Crippen LogP contribution in [0.1, 0.15) is 19.3 Å². The molecule has 4 heteroatoms. The van der Waals surface area contributed by atoms with E-state index in [0.717, 1.165) is 0 Å². The van der Waals surface area contributed by atoms with Crippen molar-refractivity contribution < 1.29 is 5.11 Å². The molecule has 1 rings (SSSR count). The highest BCUT2D eigenvalue weighted by Gasteiger charge is 2.24. The van der Waals surface area contributed by atoms with E-state index in [9.17, 15) is 0 Å². The van der Waals surface area contributed by atoms with Gasteiger partial charge in [0.1, 0.15) is 0 Å². The minimum Gasteiger partial charge on any atom is -0.395 e. The summed E-state index contributed by atoms with van der Waals surface area (Å²) in [6.45, 7) is 1.54. The summed E-state index contributed by atoms with van der Waals surface area (Å²) in [5, 5.41) is 8.79. The van der Waals surface area contributed by atoms with Crippen molar-refractivity contribution in [1.29, 1.82) is 0 Å². The molecule has 0 bridgehead atoms. The summed E-state index contributed by atoms with van der Waals surface area (Å²) < 4.78 is 0. The van der Waals surface area contributed by atoms with Crippen LogP contribution in [0.4, 0.5) is 0 Å². The third-order valence-electron chi connectivity index (χ3n) is 2.34. The van der Waals surface area contributed by atoms with Gasteiger partial charge in [-0.15, -0.1) is 0 Å². The Balaban J connectivity index is 2.31. The molecule has 0 aromatic rings. The second-order valence-corrected chi connectivity index (χ2v) is 3.77. The molecular weight excluding hydrogens is 172 g/mol. The van der Waals surface area contributed by atoms with Crippen molar-refractivity contribution in [2.75, 3.05) is 19.7 Å². The minimum absolute atomic E-state index is 0.194. The van der Waals surface area contributed by atoms with Crippen LogP contribution in [-0.4, -0.2) is 40.7 Å². The lowest BCUT2D eigenvalue weighted by atomic mass is 9.91. The zero-order valence-corrected chi connectivity index (χ0v) is 8.02. The number of thiocarbonyl (C=S) groups is 1. The maximum atomic E-state index is 8.79. The molecule has 0 radical (unpaired) electrons. The summed E-state index contributed by atoms with van der Waals surface area (Å²) in [5.74, 6) is 0. The van der Waals surface area contributed by atoms with E-state index < -0.39 is 0 Å². The molecule has 0 aliphatic heterocycles. The zero-order valence-electron chi connectivity index (χ0n) is 7.20. The van der Waals surface area contributed by atoms with Crippen molar-refractivity contribution in [2.45, 2.75) is 25.3 Å². The summed E-state index contributed by atoms with van der Waals surface area (Å²) in [6, 6.07) is 0.610. The standard InChI is InChI=1S/C8H16N2OS/c9-8(12)6-10(4-5-11)7-2-1-3-7/h7,11H,1-6H2,(H2,9,12). The molecule has 1 aliphatic carbocycles. The maximum absolute atomic E-state index is 8.79. The number of nitrogens with zero attached hydrogens (tertiary/aromatic N) is 1. The van der Waals surface area contributed by atoms with Gasteiger partial charge in [0.15, 0.2) is 0 Å². The van der Waals surface area contributed by atoms with Crippen molar-refractivity contribution >= 4 is 17.2 Å². The van der Waals surface area contributed by atoms with Crippen LogP contribution in [0.5, 0.6) is 0 Å². The molecule has 0 heterocycles. The smallest absolute Gasteiger partial charge is 0.0870 e. The average Bonchev–Trinajstić information content (AvgIpc) is 1.81. The topological polar surface area (TPSA) is 49.5 Å². The van der Waals surface area contributed by atoms with Gasteiger partial charge in [-0.3, -0.25) is 4.90 Å². The van der Waals surface area contributed by atoms with Gasteiger partial charge < -0.3 is 10.8 Å². The number of hydrogen-bond acceptors (Lipinski definition) is 3. The minimum atomic E-state index is 0.194. The van der Waals surface area contributed by atoms with Gasteiger partial charge in [-0.05, 0) is 12.8 Å². The molecular formula is C8H16N2OS. The highest BCUT2D eigenvalue weighted by Crippen LogP contribution is 2.23. The Morgan fingerprint density at radius 1 is 1.58 bits per heavy atom. The zero-order chi connectivity index (χ0) is 8.97. The SMILES string of the molecule is NC(=S)CN(CCO)C1CCC1. The Bertz CT molecular complexity index is 159. The summed E-state index contributed by atoms with van der Waals surface area (Å²) in [4.78, 5) is 2.70. The van der Waals surface area contributed by atoms with Crippen LogP contribution in [0.3, 0.4) is 0 Å².